The molecule has 0 saturated heterocycles. The number of nitrogens with zero attached hydrogens (tertiary/aromatic N) is 1. The van der Waals surface area contributed by atoms with E-state index in [9.17, 15) is 18.0 Å². The smallest absolute Gasteiger partial charge is 0.436 e. The lowest BCUT2D eigenvalue weighted by Crippen LogP contribution is -2.29. The van der Waals surface area contributed by atoms with Crippen LogP contribution in [0, 0.1) is 6.92 Å². The first kappa shape index (κ1) is 18.3. The molecule has 0 saturated carbocycles. The largest absolute Gasteiger partial charge is 0.471 e. The molecule has 0 bridgehead atoms. The summed E-state index contributed by atoms with van der Waals surface area (Å²) in [4.78, 5) is 15.6. The molecule has 0 atom stereocenters. The molecule has 142 valence electrons. The highest BCUT2D eigenvalue weighted by Crippen LogP contribution is 2.35. The van der Waals surface area contributed by atoms with Crippen LogP contribution in [-0.2, 0) is 4.79 Å². The van der Waals surface area contributed by atoms with Crippen LogP contribution in [0.1, 0.15) is 5.56 Å². The summed E-state index contributed by atoms with van der Waals surface area (Å²) in [5.74, 6) is -1.73. The number of hydrogen-bond donors (Lipinski definition) is 1. The van der Waals surface area contributed by atoms with E-state index in [0.29, 0.717) is 33.1 Å². The Morgan fingerprint density at radius 2 is 1.82 bits per heavy atom. The van der Waals surface area contributed by atoms with Gasteiger partial charge >= 0.3 is 12.1 Å². The number of carbonyl (C=O) groups is 1. The van der Waals surface area contributed by atoms with E-state index in [2.05, 4.69) is 4.98 Å². The fourth-order valence-corrected chi connectivity index (χ4v) is 3.29. The summed E-state index contributed by atoms with van der Waals surface area (Å²) in [6.45, 7) is 1.67. The maximum atomic E-state index is 12.5. The van der Waals surface area contributed by atoms with Crippen molar-refractivity contribution >= 4 is 45.1 Å². The first-order valence-corrected chi connectivity index (χ1v) is 8.59. The molecule has 4 nitrogen and oxygen atoms in total. The average molecular weight is 405 g/mol. The predicted molar refractivity (Wildman–Crippen MR) is 101 cm³/mol. The van der Waals surface area contributed by atoms with Crippen molar-refractivity contribution < 1.29 is 22.4 Å². The minimum Gasteiger partial charge on any atom is -0.436 e. The standard InChI is InChI=1S/C20H12ClF3N2O2/c1-10-8-11(25-19(27)20(22,23)24)9-16-17(10)28-18(26-16)14-6-2-5-13-12(14)4-3-7-15(13)21/h2-9H,1H3,(H,25,27). The number of alkyl halides is 3. The summed E-state index contributed by atoms with van der Waals surface area (Å²) >= 11 is 6.24. The lowest BCUT2D eigenvalue weighted by atomic mass is 10.0. The molecule has 4 rings (SSSR count). The first-order chi connectivity index (χ1) is 13.2. The summed E-state index contributed by atoms with van der Waals surface area (Å²) in [6.07, 6.45) is -4.97. The van der Waals surface area contributed by atoms with Gasteiger partial charge in [-0.25, -0.2) is 4.98 Å². The lowest BCUT2D eigenvalue weighted by Gasteiger charge is -2.08. The van der Waals surface area contributed by atoms with Crippen molar-refractivity contribution in [1.82, 2.24) is 4.98 Å². The van der Waals surface area contributed by atoms with Crippen molar-refractivity contribution in [3.05, 3.63) is 59.1 Å². The Bertz CT molecular complexity index is 1230. The van der Waals surface area contributed by atoms with Crippen molar-refractivity contribution in [2.75, 3.05) is 5.32 Å². The van der Waals surface area contributed by atoms with Gasteiger partial charge in [0.2, 0.25) is 5.89 Å². The zero-order valence-corrected chi connectivity index (χ0v) is 15.2. The molecular weight excluding hydrogens is 393 g/mol. The number of anilines is 1. The Hall–Kier alpha value is -3.06. The first-order valence-electron chi connectivity index (χ1n) is 8.21. The van der Waals surface area contributed by atoms with E-state index >= 15 is 0 Å². The number of benzene rings is 3. The number of amides is 1. The van der Waals surface area contributed by atoms with Crippen LogP contribution in [0.3, 0.4) is 0 Å². The summed E-state index contributed by atoms with van der Waals surface area (Å²) in [5.41, 5.74) is 2.02. The van der Waals surface area contributed by atoms with E-state index in [-0.39, 0.29) is 5.69 Å². The van der Waals surface area contributed by atoms with E-state index in [4.69, 9.17) is 16.0 Å². The third-order valence-electron chi connectivity index (χ3n) is 4.29. The Balaban J connectivity index is 1.82. The van der Waals surface area contributed by atoms with E-state index in [0.717, 1.165) is 10.8 Å². The summed E-state index contributed by atoms with van der Waals surface area (Å²) in [6, 6.07) is 13.7. The van der Waals surface area contributed by atoms with Gasteiger partial charge in [0.05, 0.1) is 0 Å². The molecule has 1 N–H and O–H groups in total. The monoisotopic (exact) mass is 404 g/mol. The number of halogens is 4. The Morgan fingerprint density at radius 3 is 2.57 bits per heavy atom. The molecule has 1 amide bonds. The van der Waals surface area contributed by atoms with Gasteiger partial charge < -0.3 is 9.73 Å². The van der Waals surface area contributed by atoms with E-state index in [1.807, 2.05) is 35.6 Å². The summed E-state index contributed by atoms with van der Waals surface area (Å²) in [5, 5.41) is 4.09. The molecule has 0 aliphatic carbocycles. The number of rotatable bonds is 2. The van der Waals surface area contributed by atoms with Gasteiger partial charge in [-0.05, 0) is 42.1 Å². The van der Waals surface area contributed by atoms with E-state index in [1.54, 1.807) is 13.0 Å². The third-order valence-corrected chi connectivity index (χ3v) is 4.62. The highest BCUT2D eigenvalue weighted by molar-refractivity contribution is 6.35. The zero-order chi connectivity index (χ0) is 20.1. The molecule has 0 aliphatic rings. The second-order valence-electron chi connectivity index (χ2n) is 6.25. The molecule has 28 heavy (non-hydrogen) atoms. The van der Waals surface area contributed by atoms with Gasteiger partial charge in [-0.3, -0.25) is 4.79 Å². The highest BCUT2D eigenvalue weighted by atomic mass is 35.5. The van der Waals surface area contributed by atoms with Gasteiger partial charge in [-0.2, -0.15) is 13.2 Å². The molecule has 4 aromatic rings. The molecule has 0 radical (unpaired) electrons. The van der Waals surface area contributed by atoms with Gasteiger partial charge in [0, 0.05) is 21.7 Å². The lowest BCUT2D eigenvalue weighted by molar-refractivity contribution is -0.167. The molecule has 0 aliphatic heterocycles. The second-order valence-corrected chi connectivity index (χ2v) is 6.66. The second kappa shape index (κ2) is 6.53. The normalized spacial score (nSPS) is 11.9. The van der Waals surface area contributed by atoms with Gasteiger partial charge in [-0.15, -0.1) is 0 Å². The van der Waals surface area contributed by atoms with Crippen molar-refractivity contribution in [3.8, 4) is 11.5 Å². The number of carbonyl (C=O) groups excluding carboxylic acids is 1. The predicted octanol–water partition coefficient (Wildman–Crippen LogP) is 6.11. The Labute approximate surface area is 161 Å². The molecule has 3 aromatic carbocycles. The van der Waals surface area contributed by atoms with E-state index in [1.165, 1.54) is 12.1 Å². The van der Waals surface area contributed by atoms with Crippen LogP contribution >= 0.6 is 11.6 Å². The van der Waals surface area contributed by atoms with Crippen LogP contribution in [-0.4, -0.2) is 17.1 Å². The average Bonchev–Trinajstić information content (AvgIpc) is 3.05. The fraction of sp³-hybridized carbons (Fsp3) is 0.100. The molecule has 0 spiro atoms. The Morgan fingerprint density at radius 1 is 1.11 bits per heavy atom. The van der Waals surface area contributed by atoms with Crippen LogP contribution < -0.4 is 5.32 Å². The van der Waals surface area contributed by atoms with Gasteiger partial charge in [-0.1, -0.05) is 35.9 Å². The summed E-state index contributed by atoms with van der Waals surface area (Å²) in [7, 11) is 0. The minimum atomic E-state index is -4.97. The maximum Gasteiger partial charge on any atom is 0.471 e. The number of hydrogen-bond acceptors (Lipinski definition) is 3. The molecule has 8 heteroatoms. The van der Waals surface area contributed by atoms with Crippen molar-refractivity contribution in [2.24, 2.45) is 0 Å². The highest BCUT2D eigenvalue weighted by Gasteiger charge is 2.38. The van der Waals surface area contributed by atoms with E-state index < -0.39 is 12.1 Å². The topological polar surface area (TPSA) is 55.1 Å². The Kier molecular flexibility index (Phi) is 4.27. The number of fused-ring (bicyclic) bond motifs is 2. The van der Waals surface area contributed by atoms with Crippen LogP contribution in [0.5, 0.6) is 0 Å². The van der Waals surface area contributed by atoms with Crippen molar-refractivity contribution in [1.29, 1.82) is 0 Å². The van der Waals surface area contributed by atoms with Gasteiger partial charge in [0.25, 0.3) is 0 Å². The van der Waals surface area contributed by atoms with Crippen LogP contribution in [0.2, 0.25) is 5.02 Å². The SMILES string of the molecule is Cc1cc(NC(=O)C(F)(F)F)cc2nc(-c3cccc4c(Cl)cccc34)oc12. The van der Waals surface area contributed by atoms with Gasteiger partial charge in [0.15, 0.2) is 5.58 Å². The molecule has 1 aromatic heterocycles. The molecule has 1 heterocycles. The number of aryl methyl sites for hydroxylation is 1. The van der Waals surface area contributed by atoms with Crippen LogP contribution in [0.4, 0.5) is 18.9 Å². The zero-order valence-electron chi connectivity index (χ0n) is 14.4. The summed E-state index contributed by atoms with van der Waals surface area (Å²) < 4.78 is 43.4. The van der Waals surface area contributed by atoms with Crippen LogP contribution in [0.15, 0.2) is 52.9 Å². The fourth-order valence-electron chi connectivity index (χ4n) is 3.05. The molecule has 0 unspecified atom stereocenters. The van der Waals surface area contributed by atoms with Gasteiger partial charge in [0.1, 0.15) is 5.52 Å². The quantitative estimate of drug-likeness (QED) is 0.438. The number of oxazole rings is 1. The number of aromatic nitrogens is 1. The number of nitrogens with one attached hydrogen (secondary N) is 1. The van der Waals surface area contributed by atoms with Crippen molar-refractivity contribution in [3.63, 3.8) is 0 Å². The van der Waals surface area contributed by atoms with Crippen molar-refractivity contribution in [2.45, 2.75) is 13.1 Å². The minimum absolute atomic E-state index is 0.00635. The molecular formula is C20H12ClF3N2O2. The third kappa shape index (κ3) is 3.18. The maximum absolute atomic E-state index is 12.5. The molecule has 0 fully saturated rings. The van der Waals surface area contributed by atoms with Crippen LogP contribution in [0.25, 0.3) is 33.3 Å².